The second-order valence-electron chi connectivity index (χ2n) is 4.72. The molecule has 0 aliphatic carbocycles. The molecule has 4 heteroatoms. The van der Waals surface area contributed by atoms with Crippen molar-refractivity contribution in [2.75, 3.05) is 6.61 Å². The fraction of sp³-hybridized carbons (Fsp3) is 0.727. The molecule has 1 aromatic rings. The minimum atomic E-state index is -0.220. The number of hydrogen-bond donors (Lipinski definition) is 2. The first kappa shape index (κ1) is 12.6. The van der Waals surface area contributed by atoms with Crippen LogP contribution in [0.3, 0.4) is 0 Å². The molecule has 0 saturated heterocycles. The van der Waals surface area contributed by atoms with E-state index in [2.05, 4.69) is 24.1 Å². The monoisotopic (exact) mass is 228 g/mol. The molecule has 2 N–H and O–H groups in total. The molecule has 0 aliphatic rings. The van der Waals surface area contributed by atoms with Gasteiger partial charge in [-0.3, -0.25) is 0 Å². The molecule has 1 aromatic heterocycles. The summed E-state index contributed by atoms with van der Waals surface area (Å²) in [5.41, 5.74) is -0.220. The molecule has 0 aromatic carbocycles. The van der Waals surface area contributed by atoms with Gasteiger partial charge >= 0.3 is 0 Å². The first-order valence-corrected chi connectivity index (χ1v) is 6.07. The number of nitrogens with one attached hydrogen (secondary N) is 1. The van der Waals surface area contributed by atoms with Crippen LogP contribution >= 0.6 is 11.3 Å². The first-order chi connectivity index (χ1) is 6.94. The van der Waals surface area contributed by atoms with Crippen LogP contribution in [0, 0.1) is 0 Å². The maximum absolute atomic E-state index is 9.09. The Kier molecular flexibility index (Phi) is 4.25. The Hall–Kier alpha value is -0.450. The summed E-state index contributed by atoms with van der Waals surface area (Å²) in [7, 11) is 0. The van der Waals surface area contributed by atoms with Gasteiger partial charge in [0.2, 0.25) is 0 Å². The van der Waals surface area contributed by atoms with Gasteiger partial charge in [-0.2, -0.15) is 0 Å². The van der Waals surface area contributed by atoms with E-state index in [9.17, 15) is 0 Å². The van der Waals surface area contributed by atoms with Crippen LogP contribution in [0.1, 0.15) is 43.5 Å². The Morgan fingerprint density at radius 3 is 2.67 bits per heavy atom. The van der Waals surface area contributed by atoms with Crippen molar-refractivity contribution < 1.29 is 5.11 Å². The average Bonchev–Trinajstić information content (AvgIpc) is 2.63. The van der Waals surface area contributed by atoms with Crippen LogP contribution in [-0.4, -0.2) is 22.2 Å². The second-order valence-corrected chi connectivity index (χ2v) is 5.86. The van der Waals surface area contributed by atoms with Crippen molar-refractivity contribution in [1.29, 1.82) is 0 Å². The van der Waals surface area contributed by atoms with Crippen molar-refractivity contribution >= 4 is 11.3 Å². The lowest BCUT2D eigenvalue weighted by molar-refractivity contribution is 0.187. The zero-order valence-electron chi connectivity index (χ0n) is 9.87. The molecule has 15 heavy (non-hydrogen) atoms. The zero-order valence-corrected chi connectivity index (χ0v) is 10.7. The van der Waals surface area contributed by atoms with Gasteiger partial charge in [0.15, 0.2) is 0 Å². The summed E-state index contributed by atoms with van der Waals surface area (Å²) in [5.74, 6) is 0.495. The number of rotatable bonds is 5. The molecule has 0 radical (unpaired) electrons. The van der Waals surface area contributed by atoms with E-state index in [0.717, 1.165) is 6.54 Å². The number of aliphatic hydroxyl groups excluding tert-OH is 1. The lowest BCUT2D eigenvalue weighted by atomic mass is 10.1. The highest BCUT2D eigenvalue weighted by atomic mass is 32.1. The van der Waals surface area contributed by atoms with Crippen LogP contribution in [0.25, 0.3) is 0 Å². The van der Waals surface area contributed by atoms with Gasteiger partial charge in [0.05, 0.1) is 11.6 Å². The van der Waals surface area contributed by atoms with Crippen LogP contribution in [0.15, 0.2) is 6.20 Å². The van der Waals surface area contributed by atoms with Gasteiger partial charge in [0, 0.05) is 29.1 Å². The van der Waals surface area contributed by atoms with Gasteiger partial charge in [0.25, 0.3) is 0 Å². The van der Waals surface area contributed by atoms with E-state index in [1.807, 2.05) is 20.0 Å². The Morgan fingerprint density at radius 2 is 2.20 bits per heavy atom. The summed E-state index contributed by atoms with van der Waals surface area (Å²) < 4.78 is 0. The van der Waals surface area contributed by atoms with Gasteiger partial charge in [-0.25, -0.2) is 4.98 Å². The van der Waals surface area contributed by atoms with Gasteiger partial charge in [0.1, 0.15) is 0 Å². The predicted octanol–water partition coefficient (Wildman–Crippen LogP) is 2.13. The van der Waals surface area contributed by atoms with Crippen molar-refractivity contribution in [1.82, 2.24) is 10.3 Å². The molecule has 1 rings (SSSR count). The highest BCUT2D eigenvalue weighted by molar-refractivity contribution is 7.11. The third kappa shape index (κ3) is 3.89. The first-order valence-electron chi connectivity index (χ1n) is 5.25. The van der Waals surface area contributed by atoms with Gasteiger partial charge in [-0.15, -0.1) is 11.3 Å². The third-order valence-corrected chi connectivity index (χ3v) is 3.50. The van der Waals surface area contributed by atoms with Crippen molar-refractivity contribution in [2.45, 2.75) is 45.7 Å². The molecule has 0 amide bonds. The van der Waals surface area contributed by atoms with Crippen molar-refractivity contribution in [3.63, 3.8) is 0 Å². The van der Waals surface area contributed by atoms with Crippen LogP contribution in [0.5, 0.6) is 0 Å². The normalized spacial score (nSPS) is 12.4. The fourth-order valence-electron chi connectivity index (χ4n) is 1.05. The summed E-state index contributed by atoms with van der Waals surface area (Å²) in [6.07, 6.45) is 1.92. The minimum absolute atomic E-state index is 0.142. The standard InChI is InChI=1S/C11H20N2OS/c1-8(2)10-12-5-9(15-10)6-13-11(3,4)7-14/h5,8,13-14H,6-7H2,1-4H3. The summed E-state index contributed by atoms with van der Waals surface area (Å²) in [6, 6.07) is 0. The van der Waals surface area contributed by atoms with Gasteiger partial charge < -0.3 is 10.4 Å². The number of nitrogens with zero attached hydrogens (tertiary/aromatic N) is 1. The molecule has 0 saturated carbocycles. The van der Waals surface area contributed by atoms with Crippen LogP contribution in [0.2, 0.25) is 0 Å². The molecule has 0 atom stereocenters. The smallest absolute Gasteiger partial charge is 0.0953 e. The summed E-state index contributed by atoms with van der Waals surface area (Å²) in [5, 5.41) is 13.6. The maximum Gasteiger partial charge on any atom is 0.0953 e. The SMILES string of the molecule is CC(C)c1ncc(CNC(C)(C)CO)s1. The Labute approximate surface area is 95.6 Å². The Bertz CT molecular complexity index is 307. The van der Waals surface area contributed by atoms with E-state index < -0.39 is 0 Å². The Balaban J connectivity index is 2.51. The van der Waals surface area contributed by atoms with Crippen molar-refractivity contribution in [3.8, 4) is 0 Å². The van der Waals surface area contributed by atoms with Crippen LogP contribution in [0.4, 0.5) is 0 Å². The molecule has 1 heterocycles. The molecule has 0 unspecified atom stereocenters. The third-order valence-electron chi connectivity index (χ3n) is 2.20. The largest absolute Gasteiger partial charge is 0.394 e. The summed E-state index contributed by atoms with van der Waals surface area (Å²) in [4.78, 5) is 5.58. The highest BCUT2D eigenvalue weighted by Crippen LogP contribution is 2.21. The maximum atomic E-state index is 9.09. The molecular weight excluding hydrogens is 208 g/mol. The van der Waals surface area contributed by atoms with E-state index in [0.29, 0.717) is 5.92 Å². The number of aliphatic hydroxyl groups is 1. The van der Waals surface area contributed by atoms with Crippen molar-refractivity contribution in [3.05, 3.63) is 16.1 Å². The molecular formula is C11H20N2OS. The lowest BCUT2D eigenvalue weighted by Crippen LogP contribution is -2.41. The van der Waals surface area contributed by atoms with E-state index in [1.54, 1.807) is 11.3 Å². The number of hydrogen-bond acceptors (Lipinski definition) is 4. The zero-order chi connectivity index (χ0) is 11.5. The minimum Gasteiger partial charge on any atom is -0.394 e. The number of thiazole rings is 1. The molecule has 86 valence electrons. The van der Waals surface area contributed by atoms with Gasteiger partial charge in [-0.05, 0) is 13.8 Å². The topological polar surface area (TPSA) is 45.2 Å². The van der Waals surface area contributed by atoms with E-state index in [-0.39, 0.29) is 12.1 Å². The quantitative estimate of drug-likeness (QED) is 0.811. The van der Waals surface area contributed by atoms with E-state index >= 15 is 0 Å². The average molecular weight is 228 g/mol. The molecule has 0 fully saturated rings. The second kappa shape index (κ2) is 5.05. The molecule has 3 nitrogen and oxygen atoms in total. The molecule has 0 spiro atoms. The summed E-state index contributed by atoms with van der Waals surface area (Å²) in [6.45, 7) is 9.18. The van der Waals surface area contributed by atoms with E-state index in [4.69, 9.17) is 5.11 Å². The van der Waals surface area contributed by atoms with Crippen molar-refractivity contribution in [2.24, 2.45) is 0 Å². The fourth-order valence-corrected chi connectivity index (χ4v) is 1.91. The van der Waals surface area contributed by atoms with Gasteiger partial charge in [-0.1, -0.05) is 13.8 Å². The van der Waals surface area contributed by atoms with Crippen LogP contribution < -0.4 is 5.32 Å². The predicted molar refractivity (Wildman–Crippen MR) is 64.2 cm³/mol. The number of aromatic nitrogens is 1. The molecule has 0 aliphatic heterocycles. The molecule has 0 bridgehead atoms. The lowest BCUT2D eigenvalue weighted by Gasteiger charge is -2.22. The van der Waals surface area contributed by atoms with E-state index in [1.165, 1.54) is 9.88 Å². The Morgan fingerprint density at radius 1 is 1.53 bits per heavy atom. The van der Waals surface area contributed by atoms with Crippen LogP contribution in [-0.2, 0) is 6.54 Å². The summed E-state index contributed by atoms with van der Waals surface area (Å²) >= 11 is 1.74. The highest BCUT2D eigenvalue weighted by Gasteiger charge is 2.15.